The summed E-state index contributed by atoms with van der Waals surface area (Å²) in [5.74, 6) is -1.61. The third-order valence-corrected chi connectivity index (χ3v) is 9.00. The predicted molar refractivity (Wildman–Crippen MR) is 156 cm³/mol. The van der Waals surface area contributed by atoms with Crippen LogP contribution in [0.2, 0.25) is 10.0 Å². The van der Waals surface area contributed by atoms with Gasteiger partial charge in [0.1, 0.15) is 18.4 Å². The molecule has 0 heterocycles. The normalized spacial score (nSPS) is 12.8. The maximum Gasteiger partial charge on any atom is 0.264 e. The summed E-state index contributed by atoms with van der Waals surface area (Å²) in [4.78, 5) is 28.5. The number of anilines is 1. The number of nitrogens with one attached hydrogen (secondary N) is 1. The molecule has 214 valence electrons. The molecule has 2 amide bonds. The molecule has 0 radical (unpaired) electrons. The van der Waals surface area contributed by atoms with Crippen LogP contribution in [0.25, 0.3) is 0 Å². The van der Waals surface area contributed by atoms with E-state index < -0.39 is 34.3 Å². The van der Waals surface area contributed by atoms with Gasteiger partial charge in [0.25, 0.3) is 10.0 Å². The molecule has 0 aromatic heterocycles. The van der Waals surface area contributed by atoms with Crippen LogP contribution < -0.4 is 9.62 Å². The SMILES string of the molecule is CCC(C)NC(=O)C(CC)N(Cc1c(Cl)cccc1Cl)C(=O)CN(c1ccccc1)S(=O)(=O)c1ccc(F)cc1. The second-order valence-electron chi connectivity index (χ2n) is 9.26. The van der Waals surface area contributed by atoms with Crippen molar-refractivity contribution < 1.29 is 22.4 Å². The number of nitrogens with zero attached hydrogens (tertiary/aromatic N) is 2. The van der Waals surface area contributed by atoms with Gasteiger partial charge < -0.3 is 10.2 Å². The van der Waals surface area contributed by atoms with Gasteiger partial charge in [0.15, 0.2) is 0 Å². The molecule has 0 aliphatic heterocycles. The van der Waals surface area contributed by atoms with Crippen molar-refractivity contribution >= 4 is 50.7 Å². The lowest BCUT2D eigenvalue weighted by molar-refractivity contribution is -0.140. The highest BCUT2D eigenvalue weighted by Gasteiger charge is 2.34. The summed E-state index contributed by atoms with van der Waals surface area (Å²) in [5, 5.41) is 3.52. The fraction of sp³-hybridized carbons (Fsp3) is 0.310. The van der Waals surface area contributed by atoms with Crippen molar-refractivity contribution in [3.63, 3.8) is 0 Å². The molecule has 0 aliphatic rings. The Labute approximate surface area is 244 Å². The third-order valence-electron chi connectivity index (χ3n) is 6.50. The Balaban J connectivity index is 2.07. The molecular formula is C29H32Cl2FN3O4S. The van der Waals surface area contributed by atoms with Gasteiger partial charge in [-0.15, -0.1) is 0 Å². The fourth-order valence-corrected chi connectivity index (χ4v) is 6.00. The predicted octanol–water partition coefficient (Wildman–Crippen LogP) is 6.05. The Hall–Kier alpha value is -3.14. The van der Waals surface area contributed by atoms with Crippen LogP contribution in [0.3, 0.4) is 0 Å². The van der Waals surface area contributed by atoms with Gasteiger partial charge in [-0.2, -0.15) is 0 Å². The first-order chi connectivity index (χ1) is 19.0. The molecule has 7 nitrogen and oxygen atoms in total. The molecule has 0 fully saturated rings. The molecule has 2 atom stereocenters. The first-order valence-electron chi connectivity index (χ1n) is 12.9. The minimum atomic E-state index is -4.30. The van der Waals surface area contributed by atoms with Crippen molar-refractivity contribution in [2.45, 2.75) is 57.1 Å². The summed E-state index contributed by atoms with van der Waals surface area (Å²) in [6.07, 6.45) is 0.941. The number of benzene rings is 3. The molecule has 11 heteroatoms. The Morgan fingerprint density at radius 2 is 1.50 bits per heavy atom. The molecule has 0 spiro atoms. The first-order valence-corrected chi connectivity index (χ1v) is 15.0. The monoisotopic (exact) mass is 607 g/mol. The van der Waals surface area contributed by atoms with Crippen molar-refractivity contribution in [2.75, 3.05) is 10.8 Å². The molecule has 40 heavy (non-hydrogen) atoms. The van der Waals surface area contributed by atoms with Crippen LogP contribution in [0.4, 0.5) is 10.1 Å². The lowest BCUT2D eigenvalue weighted by Gasteiger charge is -2.34. The van der Waals surface area contributed by atoms with Gasteiger partial charge in [-0.25, -0.2) is 12.8 Å². The highest BCUT2D eigenvalue weighted by Crippen LogP contribution is 2.29. The van der Waals surface area contributed by atoms with Gasteiger partial charge in [-0.3, -0.25) is 13.9 Å². The number of hydrogen-bond acceptors (Lipinski definition) is 4. The van der Waals surface area contributed by atoms with Gasteiger partial charge >= 0.3 is 0 Å². The van der Waals surface area contributed by atoms with E-state index in [1.165, 1.54) is 4.90 Å². The van der Waals surface area contributed by atoms with Crippen molar-refractivity contribution in [3.05, 3.63) is 94.2 Å². The van der Waals surface area contributed by atoms with E-state index in [4.69, 9.17) is 23.2 Å². The van der Waals surface area contributed by atoms with Crippen molar-refractivity contribution in [1.82, 2.24) is 10.2 Å². The average Bonchev–Trinajstić information content (AvgIpc) is 2.93. The smallest absolute Gasteiger partial charge is 0.264 e. The van der Waals surface area contributed by atoms with E-state index in [0.29, 0.717) is 22.0 Å². The van der Waals surface area contributed by atoms with E-state index in [2.05, 4.69) is 5.32 Å². The van der Waals surface area contributed by atoms with Crippen LogP contribution in [0, 0.1) is 5.82 Å². The average molecular weight is 609 g/mol. The number of para-hydroxylation sites is 1. The van der Waals surface area contributed by atoms with E-state index in [9.17, 15) is 22.4 Å². The minimum absolute atomic E-state index is 0.122. The largest absolute Gasteiger partial charge is 0.352 e. The number of sulfonamides is 1. The Morgan fingerprint density at radius 1 is 0.900 bits per heavy atom. The molecule has 0 saturated heterocycles. The number of carbonyl (C=O) groups is 2. The maximum absolute atomic E-state index is 14.0. The van der Waals surface area contributed by atoms with Crippen molar-refractivity contribution in [3.8, 4) is 0 Å². The summed E-state index contributed by atoms with van der Waals surface area (Å²) in [7, 11) is -4.30. The molecule has 3 rings (SSSR count). The van der Waals surface area contributed by atoms with Crippen LogP contribution in [-0.2, 0) is 26.2 Å². The molecule has 3 aromatic rings. The molecule has 3 aromatic carbocycles. The Kier molecular flexibility index (Phi) is 11.0. The lowest BCUT2D eigenvalue weighted by Crippen LogP contribution is -2.53. The Morgan fingerprint density at radius 3 is 2.05 bits per heavy atom. The summed E-state index contributed by atoms with van der Waals surface area (Å²) in [5.41, 5.74) is 0.662. The zero-order valence-electron chi connectivity index (χ0n) is 22.5. The zero-order valence-corrected chi connectivity index (χ0v) is 24.8. The van der Waals surface area contributed by atoms with Gasteiger partial charge in [0.05, 0.1) is 10.6 Å². The highest BCUT2D eigenvalue weighted by molar-refractivity contribution is 7.92. The van der Waals surface area contributed by atoms with E-state index in [-0.39, 0.29) is 35.5 Å². The van der Waals surface area contributed by atoms with Crippen LogP contribution in [-0.4, -0.2) is 43.8 Å². The van der Waals surface area contributed by atoms with Crippen molar-refractivity contribution in [1.29, 1.82) is 0 Å². The summed E-state index contributed by atoms with van der Waals surface area (Å²) < 4.78 is 42.0. The van der Waals surface area contributed by atoms with Gasteiger partial charge in [-0.05, 0) is 68.3 Å². The van der Waals surface area contributed by atoms with Crippen LogP contribution >= 0.6 is 23.2 Å². The van der Waals surface area contributed by atoms with Crippen LogP contribution in [0.5, 0.6) is 0 Å². The third kappa shape index (κ3) is 7.53. The molecular weight excluding hydrogens is 576 g/mol. The van der Waals surface area contributed by atoms with E-state index in [0.717, 1.165) is 28.6 Å². The summed E-state index contributed by atoms with van der Waals surface area (Å²) in [6.45, 7) is 4.80. The van der Waals surface area contributed by atoms with E-state index >= 15 is 0 Å². The minimum Gasteiger partial charge on any atom is -0.352 e. The molecule has 2 unspecified atom stereocenters. The number of carbonyl (C=O) groups excluding carboxylic acids is 2. The van der Waals surface area contributed by atoms with Gasteiger partial charge in [0, 0.05) is 28.2 Å². The zero-order chi connectivity index (χ0) is 29.4. The number of hydrogen-bond donors (Lipinski definition) is 1. The molecule has 0 bridgehead atoms. The van der Waals surface area contributed by atoms with E-state index in [1.54, 1.807) is 55.5 Å². The first kappa shape index (κ1) is 31.4. The summed E-state index contributed by atoms with van der Waals surface area (Å²) in [6, 6.07) is 16.3. The fourth-order valence-electron chi connectivity index (χ4n) is 4.07. The van der Waals surface area contributed by atoms with Crippen LogP contribution in [0.15, 0.2) is 77.7 Å². The van der Waals surface area contributed by atoms with E-state index in [1.807, 2.05) is 13.8 Å². The lowest BCUT2D eigenvalue weighted by atomic mass is 10.1. The highest BCUT2D eigenvalue weighted by atomic mass is 35.5. The second kappa shape index (κ2) is 14.0. The quantitative estimate of drug-likeness (QED) is 0.271. The van der Waals surface area contributed by atoms with Gasteiger partial charge in [-0.1, -0.05) is 61.3 Å². The standard InChI is InChI=1S/C29H32Cl2FN3O4S/c1-4-20(3)33-29(37)27(5-2)34(18-24-25(30)12-9-13-26(24)31)28(36)19-35(22-10-7-6-8-11-22)40(38,39)23-16-14-21(32)15-17-23/h6-17,20,27H,4-5,18-19H2,1-3H3,(H,33,37). The topological polar surface area (TPSA) is 86.8 Å². The number of halogens is 3. The number of amides is 2. The molecule has 1 N–H and O–H groups in total. The summed E-state index contributed by atoms with van der Waals surface area (Å²) >= 11 is 12.8. The van der Waals surface area contributed by atoms with Crippen LogP contribution in [0.1, 0.15) is 39.2 Å². The molecule has 0 saturated carbocycles. The maximum atomic E-state index is 14.0. The van der Waals surface area contributed by atoms with Crippen molar-refractivity contribution in [2.24, 2.45) is 0 Å². The second-order valence-corrected chi connectivity index (χ2v) is 11.9. The Bertz CT molecular complexity index is 1400. The number of rotatable bonds is 12. The molecule has 0 aliphatic carbocycles. The van der Waals surface area contributed by atoms with Gasteiger partial charge in [0.2, 0.25) is 11.8 Å².